The van der Waals surface area contributed by atoms with Gasteiger partial charge in [-0.1, -0.05) is 6.07 Å². The van der Waals surface area contributed by atoms with Crippen LogP contribution in [0.15, 0.2) is 53.7 Å². The lowest BCUT2D eigenvalue weighted by molar-refractivity contribution is -0.119. The molecule has 0 radical (unpaired) electrons. The van der Waals surface area contributed by atoms with Gasteiger partial charge in [-0.05, 0) is 61.6 Å². The van der Waals surface area contributed by atoms with Gasteiger partial charge in [-0.25, -0.2) is 18.4 Å². The molecule has 31 heavy (non-hydrogen) atoms. The molecule has 0 spiro atoms. The molecule has 1 aliphatic rings. The minimum absolute atomic E-state index is 0.122. The van der Waals surface area contributed by atoms with E-state index < -0.39 is 28.5 Å². The van der Waals surface area contributed by atoms with E-state index in [2.05, 4.69) is 5.32 Å². The van der Waals surface area contributed by atoms with E-state index in [9.17, 15) is 18.0 Å². The maximum absolute atomic E-state index is 12.9. The van der Waals surface area contributed by atoms with Gasteiger partial charge in [0.15, 0.2) is 6.61 Å². The molecule has 10 heteroatoms. The molecule has 0 aliphatic heterocycles. The van der Waals surface area contributed by atoms with Crippen molar-refractivity contribution in [2.24, 2.45) is 5.14 Å². The molecule has 0 saturated heterocycles. The molecule has 2 aromatic heterocycles. The summed E-state index contributed by atoms with van der Waals surface area (Å²) in [6.45, 7) is -0.492. The minimum atomic E-state index is -3.89. The normalized spacial score (nSPS) is 13.5. The number of anilines is 1. The number of nitrogens with zero attached hydrogens (tertiary/aromatic N) is 1. The van der Waals surface area contributed by atoms with Gasteiger partial charge in [-0.15, -0.1) is 11.3 Å². The van der Waals surface area contributed by atoms with Crippen LogP contribution in [0.1, 0.15) is 33.6 Å². The van der Waals surface area contributed by atoms with Crippen LogP contribution in [0.4, 0.5) is 5.69 Å². The van der Waals surface area contributed by atoms with Crippen LogP contribution in [0.5, 0.6) is 0 Å². The zero-order valence-corrected chi connectivity index (χ0v) is 18.2. The number of thiophene rings is 1. The highest BCUT2D eigenvalue weighted by Gasteiger charge is 2.27. The van der Waals surface area contributed by atoms with Gasteiger partial charge in [-0.2, -0.15) is 0 Å². The summed E-state index contributed by atoms with van der Waals surface area (Å²) < 4.78 is 30.1. The highest BCUT2D eigenvalue weighted by Crippen LogP contribution is 2.37. The summed E-state index contributed by atoms with van der Waals surface area (Å²) >= 11 is 1.58. The molecule has 0 bridgehead atoms. The van der Waals surface area contributed by atoms with Gasteiger partial charge in [0.1, 0.15) is 5.00 Å². The second-order valence-corrected chi connectivity index (χ2v) is 9.82. The van der Waals surface area contributed by atoms with E-state index in [-0.39, 0.29) is 10.6 Å². The van der Waals surface area contributed by atoms with Crippen LogP contribution in [0.3, 0.4) is 0 Å². The number of primary sulfonamides is 1. The third-order valence-electron chi connectivity index (χ3n) is 4.98. The Morgan fingerprint density at radius 3 is 2.61 bits per heavy atom. The van der Waals surface area contributed by atoms with Crippen LogP contribution in [0, 0.1) is 0 Å². The molecule has 3 N–H and O–H groups in total. The van der Waals surface area contributed by atoms with Crippen LogP contribution < -0.4 is 10.5 Å². The molecule has 0 atom stereocenters. The Kier molecular flexibility index (Phi) is 5.94. The summed E-state index contributed by atoms with van der Waals surface area (Å²) in [4.78, 5) is 26.3. The maximum Gasteiger partial charge on any atom is 0.341 e. The third-order valence-corrected chi connectivity index (χ3v) is 7.19. The van der Waals surface area contributed by atoms with E-state index in [1.807, 2.05) is 29.1 Å². The average molecular weight is 460 g/mol. The number of hydrogen-bond donors (Lipinski definition) is 2. The number of nitrogens with two attached hydrogens (primary N) is 1. The van der Waals surface area contributed by atoms with Crippen LogP contribution >= 0.6 is 11.3 Å². The van der Waals surface area contributed by atoms with Crippen molar-refractivity contribution >= 4 is 38.9 Å². The summed E-state index contributed by atoms with van der Waals surface area (Å²) in [5, 5.41) is 8.42. The number of sulfonamides is 1. The molecule has 2 heterocycles. The molecular formula is C21H21N3O5S2. The predicted molar refractivity (Wildman–Crippen MR) is 117 cm³/mol. The fraction of sp³-hybridized carbons (Fsp3) is 0.238. The van der Waals surface area contributed by atoms with E-state index in [0.29, 0.717) is 5.56 Å². The highest BCUT2D eigenvalue weighted by molar-refractivity contribution is 7.89. The van der Waals surface area contributed by atoms with Crippen molar-refractivity contribution in [3.05, 3.63) is 64.8 Å². The summed E-state index contributed by atoms with van der Waals surface area (Å²) in [7, 11) is -3.89. The zero-order valence-electron chi connectivity index (χ0n) is 16.5. The summed E-state index contributed by atoms with van der Waals surface area (Å²) in [5.74, 6) is -1.12. The molecular weight excluding hydrogens is 438 g/mol. The van der Waals surface area contributed by atoms with Gasteiger partial charge >= 0.3 is 5.97 Å². The Morgan fingerprint density at radius 1 is 1.13 bits per heavy atom. The van der Waals surface area contributed by atoms with Gasteiger partial charge in [0.2, 0.25) is 10.0 Å². The average Bonchev–Trinajstić information content (AvgIpc) is 3.39. The number of rotatable bonds is 6. The predicted octanol–water partition coefficient (Wildman–Crippen LogP) is 2.86. The Balaban J connectivity index is 1.48. The van der Waals surface area contributed by atoms with Crippen molar-refractivity contribution in [3.63, 3.8) is 0 Å². The Labute approximate surface area is 183 Å². The van der Waals surface area contributed by atoms with Crippen LogP contribution in [-0.4, -0.2) is 31.5 Å². The van der Waals surface area contributed by atoms with Crippen LogP contribution in [0.25, 0.3) is 5.00 Å². The highest BCUT2D eigenvalue weighted by atomic mass is 32.2. The Bertz CT molecular complexity index is 1230. The van der Waals surface area contributed by atoms with Crippen molar-refractivity contribution in [2.75, 3.05) is 11.9 Å². The molecule has 1 aromatic carbocycles. The first-order valence-corrected chi connectivity index (χ1v) is 12.1. The quantitative estimate of drug-likeness (QED) is 0.549. The SMILES string of the molecule is NS(=O)(=O)c1cccc(NC(=O)COC(=O)c2c(-n3cccc3)sc3c2CCCC3)c1. The number of esters is 1. The topological polar surface area (TPSA) is 120 Å². The van der Waals surface area contributed by atoms with E-state index in [4.69, 9.17) is 9.88 Å². The molecule has 1 aliphatic carbocycles. The molecule has 162 valence electrons. The molecule has 8 nitrogen and oxygen atoms in total. The van der Waals surface area contributed by atoms with Gasteiger partial charge in [0, 0.05) is 23.0 Å². The molecule has 0 fully saturated rings. The summed E-state index contributed by atoms with van der Waals surface area (Å²) in [6, 6.07) is 9.33. The number of carbonyl (C=O) groups is 2. The number of fused-ring (bicyclic) bond motifs is 1. The van der Waals surface area contributed by atoms with Gasteiger partial charge in [0.05, 0.1) is 10.5 Å². The van der Waals surface area contributed by atoms with Gasteiger partial charge in [-0.3, -0.25) is 4.79 Å². The smallest absolute Gasteiger partial charge is 0.341 e. The standard InChI is InChI=1S/C21H21N3O5S2/c22-31(27,28)15-7-5-6-14(12-15)23-18(25)13-29-21(26)19-16-8-1-2-9-17(16)30-20(19)24-10-3-4-11-24/h3-7,10-12H,1-2,8-9,13H2,(H,23,25)(H2,22,27,28). The Morgan fingerprint density at radius 2 is 1.87 bits per heavy atom. The van der Waals surface area contributed by atoms with Gasteiger partial charge in [0.25, 0.3) is 5.91 Å². The zero-order chi connectivity index (χ0) is 22.0. The van der Waals surface area contributed by atoms with Crippen molar-refractivity contribution in [1.29, 1.82) is 0 Å². The lowest BCUT2D eigenvalue weighted by Crippen LogP contribution is -2.22. The monoisotopic (exact) mass is 459 g/mol. The first kappa shape index (κ1) is 21.3. The van der Waals surface area contributed by atoms with E-state index in [1.165, 1.54) is 29.1 Å². The van der Waals surface area contributed by atoms with E-state index >= 15 is 0 Å². The van der Waals surface area contributed by atoms with Crippen LogP contribution in [-0.2, 0) is 32.4 Å². The number of hydrogen-bond acceptors (Lipinski definition) is 6. The van der Waals surface area contributed by atoms with E-state index in [0.717, 1.165) is 36.2 Å². The lowest BCUT2D eigenvalue weighted by atomic mass is 9.95. The molecule has 0 unspecified atom stereocenters. The largest absolute Gasteiger partial charge is 0.452 e. The van der Waals surface area contributed by atoms with Crippen molar-refractivity contribution < 1.29 is 22.7 Å². The number of aromatic nitrogens is 1. The van der Waals surface area contributed by atoms with Crippen molar-refractivity contribution in [2.45, 2.75) is 30.6 Å². The second kappa shape index (κ2) is 8.66. The number of aryl methyl sites for hydroxylation is 1. The third kappa shape index (κ3) is 4.71. The molecule has 1 amide bonds. The minimum Gasteiger partial charge on any atom is -0.452 e. The van der Waals surface area contributed by atoms with Crippen molar-refractivity contribution in [3.8, 4) is 5.00 Å². The number of amides is 1. The number of ether oxygens (including phenoxy) is 1. The number of benzene rings is 1. The fourth-order valence-electron chi connectivity index (χ4n) is 3.56. The van der Waals surface area contributed by atoms with Crippen molar-refractivity contribution in [1.82, 2.24) is 4.57 Å². The van der Waals surface area contributed by atoms with E-state index in [1.54, 1.807) is 11.3 Å². The molecule has 3 aromatic rings. The van der Waals surface area contributed by atoms with Gasteiger partial charge < -0.3 is 14.6 Å². The fourth-order valence-corrected chi connectivity index (χ4v) is 5.47. The first-order chi connectivity index (χ1) is 14.8. The molecule has 0 saturated carbocycles. The first-order valence-electron chi connectivity index (χ1n) is 9.70. The molecule has 4 rings (SSSR count). The second-order valence-electron chi connectivity index (χ2n) is 7.18. The Hall–Kier alpha value is -2.95. The summed E-state index contributed by atoms with van der Waals surface area (Å²) in [5.41, 5.74) is 1.76. The summed E-state index contributed by atoms with van der Waals surface area (Å²) in [6.07, 6.45) is 7.59. The number of nitrogens with one attached hydrogen (secondary N) is 1. The maximum atomic E-state index is 12.9. The van der Waals surface area contributed by atoms with Crippen LogP contribution in [0.2, 0.25) is 0 Å². The number of carbonyl (C=O) groups excluding carboxylic acids is 2. The lowest BCUT2D eigenvalue weighted by Gasteiger charge is -2.13.